The molecule has 1 aromatic carbocycles. The van der Waals surface area contributed by atoms with E-state index in [1.165, 1.54) is 3.58 Å². The van der Waals surface area contributed by atoms with Gasteiger partial charge in [-0.2, -0.15) is 0 Å². The highest BCUT2D eigenvalue weighted by atomic mass is 127. The molecule has 1 fully saturated rings. The Balaban J connectivity index is 1.88. The summed E-state index contributed by atoms with van der Waals surface area (Å²) in [5, 5.41) is 0. The Morgan fingerprint density at radius 2 is 2.10 bits per heavy atom. The van der Waals surface area contributed by atoms with Crippen molar-refractivity contribution in [3.8, 4) is 0 Å². The summed E-state index contributed by atoms with van der Waals surface area (Å²) in [4.78, 5) is 0. The highest BCUT2D eigenvalue weighted by Crippen LogP contribution is 2.31. The number of allylic oxidation sites excluding steroid dienone is 2. The van der Waals surface area contributed by atoms with Crippen molar-refractivity contribution in [2.75, 3.05) is 7.11 Å². The number of hydrogen-bond acceptors (Lipinski definition) is 3. The lowest BCUT2D eigenvalue weighted by Gasteiger charge is -2.17. The summed E-state index contributed by atoms with van der Waals surface area (Å²) in [5.41, 5.74) is 2.16. The van der Waals surface area contributed by atoms with Crippen LogP contribution in [0.3, 0.4) is 0 Å². The van der Waals surface area contributed by atoms with E-state index in [-0.39, 0.29) is 25.4 Å². The second kappa shape index (κ2) is 6.01. The average molecular weight is 382 g/mol. The molecular weight excluding hydrogens is 366 g/mol. The summed E-state index contributed by atoms with van der Waals surface area (Å²) in [6.45, 7) is 2.03. The molecule has 1 aliphatic heterocycles. The van der Waals surface area contributed by atoms with E-state index in [0.717, 1.165) is 11.0 Å². The van der Waals surface area contributed by atoms with Crippen LogP contribution in [0.15, 0.2) is 46.1 Å². The highest BCUT2D eigenvalue weighted by molar-refractivity contribution is 14.1. The van der Waals surface area contributed by atoms with Crippen LogP contribution in [0.25, 0.3) is 0 Å². The smallest absolute Gasteiger partial charge is 0.398 e. The number of ether oxygens (including phenoxy) is 1. The third-order valence-corrected chi connectivity index (χ3v) is 4.69. The van der Waals surface area contributed by atoms with Gasteiger partial charge < -0.3 is 14.0 Å². The predicted octanol–water partition coefficient (Wildman–Crippen LogP) is 2.76. The van der Waals surface area contributed by atoms with Crippen molar-refractivity contribution in [3.63, 3.8) is 0 Å². The van der Waals surface area contributed by atoms with E-state index in [1.807, 2.05) is 31.2 Å². The van der Waals surface area contributed by atoms with Crippen LogP contribution in [0.4, 0.5) is 0 Å². The van der Waals surface area contributed by atoms with Gasteiger partial charge in [0.05, 0.1) is 12.2 Å². The fraction of sp³-hybridized carbons (Fsp3) is 0.333. The maximum Gasteiger partial charge on any atom is 0.495 e. The number of rotatable bonds is 3. The van der Waals surface area contributed by atoms with E-state index in [0.29, 0.717) is 0 Å². The molecule has 3 atom stereocenters. The molecule has 5 heteroatoms. The summed E-state index contributed by atoms with van der Waals surface area (Å²) in [6.07, 6.45) is 6.18. The fourth-order valence-corrected chi connectivity index (χ4v) is 3.25. The van der Waals surface area contributed by atoms with Crippen LogP contribution in [0.1, 0.15) is 18.6 Å². The summed E-state index contributed by atoms with van der Waals surface area (Å²) in [6, 6.07) is 8.13. The van der Waals surface area contributed by atoms with Crippen LogP contribution in [0.2, 0.25) is 0 Å². The van der Waals surface area contributed by atoms with Gasteiger partial charge in [-0.05, 0) is 40.5 Å². The first-order chi connectivity index (χ1) is 9.70. The molecule has 1 aliphatic carbocycles. The number of halogens is 1. The Kier molecular flexibility index (Phi) is 4.30. The second-order valence-electron chi connectivity index (χ2n) is 4.93. The Labute approximate surface area is 133 Å². The summed E-state index contributed by atoms with van der Waals surface area (Å²) < 4.78 is 18.8. The third-order valence-electron chi connectivity index (χ3n) is 3.72. The molecule has 0 aromatic heterocycles. The molecule has 104 valence electrons. The number of hydrogen-bond donors (Lipinski definition) is 0. The van der Waals surface area contributed by atoms with Gasteiger partial charge in [0.2, 0.25) is 0 Å². The van der Waals surface area contributed by atoms with Gasteiger partial charge in [-0.15, -0.1) is 0 Å². The SMILES string of the molecule is CO[C@@H](C)c1ccccc1B1O[C@H]2C=CC=C(I)[C@H]2O1. The van der Waals surface area contributed by atoms with Crippen LogP contribution in [-0.4, -0.2) is 26.4 Å². The zero-order valence-corrected chi connectivity index (χ0v) is 13.6. The summed E-state index contributed by atoms with van der Waals surface area (Å²) in [7, 11) is 1.38. The van der Waals surface area contributed by atoms with Gasteiger partial charge in [0.25, 0.3) is 0 Å². The predicted molar refractivity (Wildman–Crippen MR) is 88.2 cm³/mol. The normalized spacial score (nSPS) is 26.4. The van der Waals surface area contributed by atoms with Crippen molar-refractivity contribution < 1.29 is 14.0 Å². The first kappa shape index (κ1) is 14.3. The molecule has 0 bridgehead atoms. The Morgan fingerprint density at radius 3 is 2.85 bits per heavy atom. The van der Waals surface area contributed by atoms with E-state index in [9.17, 15) is 0 Å². The monoisotopic (exact) mass is 382 g/mol. The van der Waals surface area contributed by atoms with Crippen molar-refractivity contribution in [1.29, 1.82) is 0 Å². The lowest BCUT2D eigenvalue weighted by atomic mass is 9.75. The minimum Gasteiger partial charge on any atom is -0.398 e. The Bertz CT molecular complexity index is 558. The molecule has 3 rings (SSSR count). The van der Waals surface area contributed by atoms with Gasteiger partial charge >= 0.3 is 7.12 Å². The highest BCUT2D eigenvalue weighted by Gasteiger charge is 2.42. The lowest BCUT2D eigenvalue weighted by molar-refractivity contribution is 0.120. The first-order valence-electron chi connectivity index (χ1n) is 6.67. The fourth-order valence-electron chi connectivity index (χ4n) is 2.55. The zero-order chi connectivity index (χ0) is 14.1. The topological polar surface area (TPSA) is 27.7 Å². The zero-order valence-electron chi connectivity index (χ0n) is 11.5. The maximum atomic E-state index is 6.09. The van der Waals surface area contributed by atoms with Crippen LogP contribution in [0.5, 0.6) is 0 Å². The molecule has 1 heterocycles. The van der Waals surface area contributed by atoms with Gasteiger partial charge in [0.1, 0.15) is 6.10 Å². The second-order valence-corrected chi connectivity index (χ2v) is 6.18. The van der Waals surface area contributed by atoms with E-state index < -0.39 is 0 Å². The third kappa shape index (κ3) is 2.59. The van der Waals surface area contributed by atoms with Crippen LogP contribution in [0, 0.1) is 0 Å². The largest absolute Gasteiger partial charge is 0.495 e. The van der Waals surface area contributed by atoms with Gasteiger partial charge in [0, 0.05) is 10.7 Å². The van der Waals surface area contributed by atoms with E-state index in [4.69, 9.17) is 14.0 Å². The van der Waals surface area contributed by atoms with Gasteiger partial charge in [-0.3, -0.25) is 0 Å². The van der Waals surface area contributed by atoms with E-state index in [1.54, 1.807) is 7.11 Å². The number of benzene rings is 1. The number of fused-ring (bicyclic) bond motifs is 1. The average Bonchev–Trinajstić information content (AvgIpc) is 2.92. The molecule has 0 N–H and O–H groups in total. The molecule has 1 saturated heterocycles. The van der Waals surface area contributed by atoms with Crippen LogP contribution < -0.4 is 5.46 Å². The molecule has 3 nitrogen and oxygen atoms in total. The van der Waals surface area contributed by atoms with Crippen molar-refractivity contribution in [2.45, 2.75) is 25.2 Å². The molecule has 0 spiro atoms. The van der Waals surface area contributed by atoms with Crippen molar-refractivity contribution in [3.05, 3.63) is 51.6 Å². The first-order valence-corrected chi connectivity index (χ1v) is 7.75. The maximum absolute atomic E-state index is 6.09. The van der Waals surface area contributed by atoms with Gasteiger partial charge in [-0.25, -0.2) is 0 Å². The van der Waals surface area contributed by atoms with Crippen molar-refractivity contribution in [2.24, 2.45) is 0 Å². The molecule has 0 radical (unpaired) electrons. The molecular formula is C15H16BIO3. The van der Waals surface area contributed by atoms with E-state index >= 15 is 0 Å². The van der Waals surface area contributed by atoms with E-state index in [2.05, 4.69) is 40.8 Å². The molecule has 20 heavy (non-hydrogen) atoms. The molecule has 0 saturated carbocycles. The molecule has 2 aliphatic rings. The summed E-state index contributed by atoms with van der Waals surface area (Å²) in [5.74, 6) is 0. The van der Waals surface area contributed by atoms with Gasteiger partial charge in [-0.1, -0.05) is 42.5 Å². The van der Waals surface area contributed by atoms with Crippen LogP contribution in [-0.2, 0) is 14.0 Å². The lowest BCUT2D eigenvalue weighted by Crippen LogP contribution is -2.36. The Hall–Kier alpha value is -0.625. The standard InChI is InChI=1S/C15H16BIO3/c1-10(18-2)11-6-3-4-7-12(11)16-19-14-9-5-8-13(17)15(14)20-16/h3-10,14-15H,1-2H3/t10-,14-,15+/m0/s1. The van der Waals surface area contributed by atoms with Gasteiger partial charge in [0.15, 0.2) is 0 Å². The minimum absolute atomic E-state index is 0.00260. The quantitative estimate of drug-likeness (QED) is 0.595. The van der Waals surface area contributed by atoms with Crippen molar-refractivity contribution in [1.82, 2.24) is 0 Å². The molecule has 1 aromatic rings. The Morgan fingerprint density at radius 1 is 1.30 bits per heavy atom. The molecule has 0 unspecified atom stereocenters. The summed E-state index contributed by atoms with van der Waals surface area (Å²) >= 11 is 2.31. The molecule has 0 amide bonds. The van der Waals surface area contributed by atoms with Crippen LogP contribution >= 0.6 is 22.6 Å². The number of methoxy groups -OCH3 is 1. The van der Waals surface area contributed by atoms with Crippen molar-refractivity contribution >= 4 is 35.2 Å². The minimum atomic E-state index is -0.334.